The SMILES string of the molecule is CC(C)(C=O)c1ccc2c(c1)CCN(c1ccccc1C=O)C2=O. The first-order chi connectivity index (χ1) is 11.5. The van der Waals surface area contributed by atoms with Crippen molar-refractivity contribution in [2.45, 2.75) is 25.7 Å². The lowest BCUT2D eigenvalue weighted by molar-refractivity contribution is -0.111. The number of rotatable bonds is 4. The third-order valence-corrected chi connectivity index (χ3v) is 4.58. The number of hydrogen-bond acceptors (Lipinski definition) is 3. The van der Waals surface area contributed by atoms with Crippen LogP contribution in [0, 0.1) is 0 Å². The van der Waals surface area contributed by atoms with E-state index in [4.69, 9.17) is 0 Å². The predicted molar refractivity (Wildman–Crippen MR) is 92.7 cm³/mol. The Kier molecular flexibility index (Phi) is 4.06. The summed E-state index contributed by atoms with van der Waals surface area (Å²) in [6.45, 7) is 4.24. The molecule has 0 saturated heterocycles. The van der Waals surface area contributed by atoms with Crippen molar-refractivity contribution in [1.29, 1.82) is 0 Å². The van der Waals surface area contributed by atoms with Crippen molar-refractivity contribution in [3.05, 3.63) is 64.7 Å². The number of fused-ring (bicyclic) bond motifs is 1. The van der Waals surface area contributed by atoms with Gasteiger partial charge in [0.1, 0.15) is 6.29 Å². The molecule has 1 amide bonds. The lowest BCUT2D eigenvalue weighted by atomic mass is 9.83. The fourth-order valence-electron chi connectivity index (χ4n) is 3.02. The van der Waals surface area contributed by atoms with E-state index in [-0.39, 0.29) is 5.91 Å². The van der Waals surface area contributed by atoms with E-state index in [9.17, 15) is 14.4 Å². The normalized spacial score (nSPS) is 14.2. The Morgan fingerprint density at radius 1 is 1.08 bits per heavy atom. The maximum absolute atomic E-state index is 12.9. The second-order valence-corrected chi connectivity index (χ2v) is 6.59. The molecule has 3 rings (SSSR count). The summed E-state index contributed by atoms with van der Waals surface area (Å²) in [7, 11) is 0. The van der Waals surface area contributed by atoms with Gasteiger partial charge < -0.3 is 9.69 Å². The van der Waals surface area contributed by atoms with Gasteiger partial charge in [0.2, 0.25) is 0 Å². The first kappa shape index (κ1) is 16.1. The van der Waals surface area contributed by atoms with Gasteiger partial charge in [-0.1, -0.05) is 24.3 Å². The van der Waals surface area contributed by atoms with Crippen molar-refractivity contribution in [3.8, 4) is 0 Å². The molecule has 1 heterocycles. The Balaban J connectivity index is 2.00. The topological polar surface area (TPSA) is 54.5 Å². The predicted octanol–water partition coefficient (Wildman–Crippen LogP) is 3.18. The van der Waals surface area contributed by atoms with Crippen LogP contribution < -0.4 is 4.90 Å². The lowest BCUT2D eigenvalue weighted by Crippen LogP contribution is -2.38. The summed E-state index contributed by atoms with van der Waals surface area (Å²) in [5.41, 5.74) is 3.07. The van der Waals surface area contributed by atoms with Gasteiger partial charge >= 0.3 is 0 Å². The number of benzene rings is 2. The van der Waals surface area contributed by atoms with Crippen LogP contribution in [0.15, 0.2) is 42.5 Å². The maximum Gasteiger partial charge on any atom is 0.258 e. The molecule has 24 heavy (non-hydrogen) atoms. The zero-order valence-corrected chi connectivity index (χ0v) is 13.8. The summed E-state index contributed by atoms with van der Waals surface area (Å²) >= 11 is 0. The van der Waals surface area contributed by atoms with E-state index in [1.54, 1.807) is 29.2 Å². The van der Waals surface area contributed by atoms with Crippen LogP contribution in [-0.4, -0.2) is 25.0 Å². The highest BCUT2D eigenvalue weighted by Crippen LogP contribution is 2.30. The van der Waals surface area contributed by atoms with Gasteiger partial charge in [0, 0.05) is 23.1 Å². The lowest BCUT2D eigenvalue weighted by Gasteiger charge is -2.30. The van der Waals surface area contributed by atoms with Gasteiger partial charge in [-0.2, -0.15) is 0 Å². The fourth-order valence-corrected chi connectivity index (χ4v) is 3.02. The van der Waals surface area contributed by atoms with Crippen LogP contribution >= 0.6 is 0 Å². The van der Waals surface area contributed by atoms with Crippen LogP contribution in [0.3, 0.4) is 0 Å². The standard InChI is InChI=1S/C20H19NO3/c1-20(2,13-23)16-7-8-17-14(11-16)9-10-21(19(17)24)18-6-4-3-5-15(18)12-22/h3-8,11-13H,9-10H2,1-2H3. The summed E-state index contributed by atoms with van der Waals surface area (Å²) < 4.78 is 0. The summed E-state index contributed by atoms with van der Waals surface area (Å²) in [5, 5.41) is 0. The molecule has 0 unspecified atom stereocenters. The van der Waals surface area contributed by atoms with Crippen molar-refractivity contribution >= 4 is 24.2 Å². The van der Waals surface area contributed by atoms with E-state index < -0.39 is 5.41 Å². The molecule has 0 saturated carbocycles. The van der Waals surface area contributed by atoms with Crippen molar-refractivity contribution in [2.24, 2.45) is 0 Å². The van der Waals surface area contributed by atoms with Gasteiger partial charge in [-0.05, 0) is 49.6 Å². The van der Waals surface area contributed by atoms with E-state index in [1.165, 1.54) is 0 Å². The minimum atomic E-state index is -0.570. The Labute approximate surface area is 141 Å². The van der Waals surface area contributed by atoms with Crippen molar-refractivity contribution in [2.75, 3.05) is 11.4 Å². The zero-order chi connectivity index (χ0) is 17.3. The van der Waals surface area contributed by atoms with E-state index in [0.29, 0.717) is 29.8 Å². The molecule has 0 aromatic heterocycles. The maximum atomic E-state index is 12.9. The molecule has 0 spiro atoms. The number of para-hydroxylation sites is 1. The highest BCUT2D eigenvalue weighted by atomic mass is 16.2. The molecule has 0 atom stereocenters. The van der Waals surface area contributed by atoms with Crippen LogP contribution in [0.2, 0.25) is 0 Å². The van der Waals surface area contributed by atoms with Gasteiger partial charge in [0.25, 0.3) is 5.91 Å². The summed E-state index contributed by atoms with van der Waals surface area (Å²) in [6, 6.07) is 12.7. The molecule has 0 fully saturated rings. The highest BCUT2D eigenvalue weighted by molar-refractivity contribution is 6.10. The molecule has 1 aliphatic rings. The van der Waals surface area contributed by atoms with Crippen molar-refractivity contribution in [1.82, 2.24) is 0 Å². The Morgan fingerprint density at radius 2 is 1.83 bits per heavy atom. The molecular weight excluding hydrogens is 302 g/mol. The van der Waals surface area contributed by atoms with E-state index in [1.807, 2.05) is 32.0 Å². The third-order valence-electron chi connectivity index (χ3n) is 4.58. The number of nitrogens with zero attached hydrogens (tertiary/aromatic N) is 1. The molecule has 0 bridgehead atoms. The molecule has 2 aromatic rings. The molecule has 1 aliphatic heterocycles. The molecular formula is C20H19NO3. The summed E-state index contributed by atoms with van der Waals surface area (Å²) in [5.74, 6) is -0.110. The van der Waals surface area contributed by atoms with Crippen molar-refractivity contribution < 1.29 is 14.4 Å². The van der Waals surface area contributed by atoms with Gasteiger partial charge in [0.15, 0.2) is 6.29 Å². The second-order valence-electron chi connectivity index (χ2n) is 6.59. The average molecular weight is 321 g/mol. The molecule has 2 aromatic carbocycles. The van der Waals surface area contributed by atoms with Crippen LogP contribution in [0.25, 0.3) is 0 Å². The number of carbonyl (C=O) groups is 3. The van der Waals surface area contributed by atoms with E-state index >= 15 is 0 Å². The van der Waals surface area contributed by atoms with Crippen LogP contribution in [0.1, 0.15) is 45.7 Å². The number of amides is 1. The van der Waals surface area contributed by atoms with Crippen molar-refractivity contribution in [3.63, 3.8) is 0 Å². The largest absolute Gasteiger partial charge is 0.307 e. The molecule has 0 aliphatic carbocycles. The molecule has 0 N–H and O–H groups in total. The zero-order valence-electron chi connectivity index (χ0n) is 13.8. The Hall–Kier alpha value is -2.75. The van der Waals surface area contributed by atoms with E-state index in [0.717, 1.165) is 23.7 Å². The van der Waals surface area contributed by atoms with Gasteiger partial charge in [-0.3, -0.25) is 9.59 Å². The fraction of sp³-hybridized carbons (Fsp3) is 0.250. The molecule has 4 heteroatoms. The smallest absolute Gasteiger partial charge is 0.258 e. The minimum Gasteiger partial charge on any atom is -0.307 e. The summed E-state index contributed by atoms with van der Waals surface area (Å²) in [6.07, 6.45) is 2.39. The van der Waals surface area contributed by atoms with Gasteiger partial charge in [-0.15, -0.1) is 0 Å². The monoisotopic (exact) mass is 321 g/mol. The van der Waals surface area contributed by atoms with Crippen LogP contribution in [-0.2, 0) is 16.6 Å². The first-order valence-corrected chi connectivity index (χ1v) is 7.94. The van der Waals surface area contributed by atoms with Crippen LogP contribution in [0.4, 0.5) is 5.69 Å². The quantitative estimate of drug-likeness (QED) is 0.813. The van der Waals surface area contributed by atoms with E-state index in [2.05, 4.69) is 0 Å². The number of hydrogen-bond donors (Lipinski definition) is 0. The number of aldehydes is 2. The molecule has 122 valence electrons. The molecule has 0 radical (unpaired) electrons. The average Bonchev–Trinajstić information content (AvgIpc) is 2.61. The van der Waals surface area contributed by atoms with Gasteiger partial charge in [-0.25, -0.2) is 0 Å². The number of anilines is 1. The Bertz CT molecular complexity index is 823. The first-order valence-electron chi connectivity index (χ1n) is 7.94. The highest BCUT2D eigenvalue weighted by Gasteiger charge is 2.28. The minimum absolute atomic E-state index is 0.110. The Morgan fingerprint density at radius 3 is 2.54 bits per heavy atom. The summed E-state index contributed by atoms with van der Waals surface area (Å²) in [4.78, 5) is 37.0. The second kappa shape index (κ2) is 6.04. The van der Waals surface area contributed by atoms with Gasteiger partial charge in [0.05, 0.1) is 5.69 Å². The third kappa shape index (κ3) is 2.64. The molecule has 4 nitrogen and oxygen atoms in total. The number of carbonyl (C=O) groups excluding carboxylic acids is 3. The van der Waals surface area contributed by atoms with Crippen LogP contribution in [0.5, 0.6) is 0 Å².